The van der Waals surface area contributed by atoms with Crippen LogP contribution in [0.15, 0.2) is 78.6 Å². The molecule has 3 aromatic rings. The molecule has 0 radical (unpaired) electrons. The zero-order valence-electron chi connectivity index (χ0n) is 18.0. The first kappa shape index (κ1) is 21.3. The maximum atomic E-state index is 13.1. The molecule has 1 aliphatic heterocycles. The van der Waals surface area contributed by atoms with Gasteiger partial charge in [0.05, 0.1) is 18.2 Å². The van der Waals surface area contributed by atoms with Crippen LogP contribution >= 0.6 is 0 Å². The number of benzene rings is 2. The van der Waals surface area contributed by atoms with Gasteiger partial charge >= 0.3 is 0 Å². The Balaban J connectivity index is 1.81. The highest BCUT2D eigenvalue weighted by Gasteiger charge is 2.46. The second-order valence-electron chi connectivity index (χ2n) is 7.66. The van der Waals surface area contributed by atoms with Crippen molar-refractivity contribution >= 4 is 17.4 Å². The van der Waals surface area contributed by atoms with Crippen LogP contribution in [0.1, 0.15) is 35.2 Å². The predicted molar refractivity (Wildman–Crippen MR) is 121 cm³/mol. The fourth-order valence-electron chi connectivity index (χ4n) is 3.86. The lowest BCUT2D eigenvalue weighted by Gasteiger charge is -2.25. The molecule has 1 aliphatic rings. The number of rotatable bonds is 6. The van der Waals surface area contributed by atoms with Gasteiger partial charge in [0.25, 0.3) is 11.7 Å². The Kier molecular flexibility index (Phi) is 6.03. The third-order valence-electron chi connectivity index (χ3n) is 5.45. The first-order valence-electron chi connectivity index (χ1n) is 10.5. The van der Waals surface area contributed by atoms with Crippen LogP contribution in [0.25, 0.3) is 5.76 Å². The fraction of sp³-hybridized carbons (Fsp3) is 0.192. The van der Waals surface area contributed by atoms with Crippen molar-refractivity contribution < 1.29 is 19.4 Å². The molecule has 1 aromatic heterocycles. The average Bonchev–Trinajstić information content (AvgIpc) is 3.05. The number of carbonyl (C=O) groups excluding carboxylic acids is 2. The van der Waals surface area contributed by atoms with Gasteiger partial charge in [0.15, 0.2) is 0 Å². The van der Waals surface area contributed by atoms with Gasteiger partial charge < -0.3 is 14.7 Å². The van der Waals surface area contributed by atoms with Crippen LogP contribution in [-0.4, -0.2) is 33.3 Å². The lowest BCUT2D eigenvalue weighted by molar-refractivity contribution is -0.140. The fourth-order valence-corrected chi connectivity index (χ4v) is 3.86. The summed E-state index contributed by atoms with van der Waals surface area (Å²) >= 11 is 0. The van der Waals surface area contributed by atoms with Crippen molar-refractivity contribution in [1.29, 1.82) is 0 Å². The van der Waals surface area contributed by atoms with Crippen LogP contribution in [-0.2, 0) is 16.1 Å². The monoisotopic (exact) mass is 428 g/mol. The van der Waals surface area contributed by atoms with Crippen molar-refractivity contribution in [2.45, 2.75) is 26.4 Å². The molecular formula is C26H24N2O4. The molecular weight excluding hydrogens is 404 g/mol. The molecule has 2 aromatic carbocycles. The van der Waals surface area contributed by atoms with Gasteiger partial charge in [-0.2, -0.15) is 0 Å². The highest BCUT2D eigenvalue weighted by atomic mass is 16.5. The van der Waals surface area contributed by atoms with E-state index in [1.54, 1.807) is 42.7 Å². The third-order valence-corrected chi connectivity index (χ3v) is 5.45. The summed E-state index contributed by atoms with van der Waals surface area (Å²) in [5.41, 5.74) is 3.14. The molecule has 4 rings (SSSR count). The summed E-state index contributed by atoms with van der Waals surface area (Å²) in [6.45, 7) is 4.59. The number of aromatic nitrogens is 1. The predicted octanol–water partition coefficient (Wildman–Crippen LogP) is 4.41. The highest BCUT2D eigenvalue weighted by Crippen LogP contribution is 2.40. The van der Waals surface area contributed by atoms with Crippen molar-refractivity contribution in [1.82, 2.24) is 9.88 Å². The van der Waals surface area contributed by atoms with E-state index in [0.717, 1.165) is 16.7 Å². The summed E-state index contributed by atoms with van der Waals surface area (Å²) in [7, 11) is 0. The van der Waals surface area contributed by atoms with E-state index in [-0.39, 0.29) is 17.9 Å². The van der Waals surface area contributed by atoms with Gasteiger partial charge in [0, 0.05) is 24.5 Å². The molecule has 6 heteroatoms. The molecule has 1 amide bonds. The highest BCUT2D eigenvalue weighted by molar-refractivity contribution is 6.46. The molecule has 32 heavy (non-hydrogen) atoms. The second-order valence-corrected chi connectivity index (χ2v) is 7.66. The largest absolute Gasteiger partial charge is 0.507 e. The van der Waals surface area contributed by atoms with Crippen molar-refractivity contribution in [2.24, 2.45) is 0 Å². The summed E-state index contributed by atoms with van der Waals surface area (Å²) in [6.07, 6.45) is 3.32. The van der Waals surface area contributed by atoms with E-state index in [2.05, 4.69) is 4.98 Å². The quantitative estimate of drug-likeness (QED) is 0.357. The molecule has 0 saturated carbocycles. The number of likely N-dealkylation sites (tertiary alicyclic amines) is 1. The molecule has 2 heterocycles. The third kappa shape index (κ3) is 4.12. The Labute approximate surface area is 186 Å². The minimum atomic E-state index is -0.706. The molecule has 0 bridgehead atoms. The molecule has 6 nitrogen and oxygen atoms in total. The molecule has 0 aliphatic carbocycles. The normalized spacial score (nSPS) is 17.6. The number of hydrogen-bond donors (Lipinski definition) is 1. The lowest BCUT2D eigenvalue weighted by Crippen LogP contribution is -2.29. The van der Waals surface area contributed by atoms with Crippen molar-refractivity contribution in [2.75, 3.05) is 6.61 Å². The van der Waals surface area contributed by atoms with Gasteiger partial charge in [-0.05, 0) is 55.3 Å². The number of aryl methyl sites for hydroxylation is 1. The maximum absolute atomic E-state index is 13.1. The van der Waals surface area contributed by atoms with Crippen molar-refractivity contribution in [3.8, 4) is 5.75 Å². The van der Waals surface area contributed by atoms with Gasteiger partial charge in [-0.1, -0.05) is 35.9 Å². The van der Waals surface area contributed by atoms with Crippen LogP contribution in [0.2, 0.25) is 0 Å². The van der Waals surface area contributed by atoms with Crippen LogP contribution in [0.3, 0.4) is 0 Å². The molecule has 1 atom stereocenters. The van der Waals surface area contributed by atoms with Gasteiger partial charge in [0.1, 0.15) is 11.5 Å². The zero-order valence-corrected chi connectivity index (χ0v) is 18.0. The molecule has 1 N–H and O–H groups in total. The summed E-state index contributed by atoms with van der Waals surface area (Å²) in [4.78, 5) is 31.7. The van der Waals surface area contributed by atoms with E-state index in [1.165, 1.54) is 4.90 Å². The molecule has 1 unspecified atom stereocenters. The number of carbonyl (C=O) groups is 2. The average molecular weight is 428 g/mol. The summed E-state index contributed by atoms with van der Waals surface area (Å²) < 4.78 is 5.46. The van der Waals surface area contributed by atoms with Gasteiger partial charge in [-0.3, -0.25) is 14.6 Å². The summed E-state index contributed by atoms with van der Waals surface area (Å²) in [5, 5.41) is 11.1. The number of pyridine rings is 1. The van der Waals surface area contributed by atoms with Crippen LogP contribution in [0, 0.1) is 6.92 Å². The minimum Gasteiger partial charge on any atom is -0.507 e. The zero-order chi connectivity index (χ0) is 22.7. The van der Waals surface area contributed by atoms with E-state index in [1.807, 2.05) is 44.2 Å². The molecule has 1 fully saturated rings. The molecule has 0 spiro atoms. The van der Waals surface area contributed by atoms with Crippen molar-refractivity contribution in [3.63, 3.8) is 0 Å². The van der Waals surface area contributed by atoms with Gasteiger partial charge in [-0.25, -0.2) is 0 Å². The summed E-state index contributed by atoms with van der Waals surface area (Å²) in [5.74, 6) is -0.889. The number of ketones is 1. The Morgan fingerprint density at radius 3 is 2.41 bits per heavy atom. The maximum Gasteiger partial charge on any atom is 0.295 e. The number of amides is 1. The van der Waals surface area contributed by atoms with E-state index in [0.29, 0.717) is 17.9 Å². The number of ether oxygens (including phenoxy) is 1. The van der Waals surface area contributed by atoms with E-state index >= 15 is 0 Å². The molecule has 162 valence electrons. The van der Waals surface area contributed by atoms with Crippen LogP contribution in [0.4, 0.5) is 0 Å². The Hall–Kier alpha value is -3.93. The topological polar surface area (TPSA) is 79.7 Å². The van der Waals surface area contributed by atoms with Crippen LogP contribution < -0.4 is 4.74 Å². The van der Waals surface area contributed by atoms with E-state index in [4.69, 9.17) is 4.74 Å². The Morgan fingerprint density at radius 2 is 1.78 bits per heavy atom. The SMILES string of the molecule is CCOc1ccc(/C(O)=C2/C(=O)C(=O)N(Cc3cccnc3)C2c2ccc(C)cc2)cc1. The smallest absolute Gasteiger partial charge is 0.295 e. The molecule has 1 saturated heterocycles. The summed E-state index contributed by atoms with van der Waals surface area (Å²) in [6, 6.07) is 17.4. The van der Waals surface area contributed by atoms with Gasteiger partial charge in [-0.15, -0.1) is 0 Å². The first-order chi connectivity index (χ1) is 15.5. The second kappa shape index (κ2) is 9.06. The Bertz CT molecular complexity index is 1150. The van der Waals surface area contributed by atoms with E-state index < -0.39 is 17.7 Å². The number of aliphatic hydroxyl groups is 1. The van der Waals surface area contributed by atoms with Crippen molar-refractivity contribution in [3.05, 3.63) is 101 Å². The minimum absolute atomic E-state index is 0.0758. The standard InChI is InChI=1S/C26H24N2O4/c1-3-32-21-12-10-20(11-13-21)24(29)22-23(19-8-6-17(2)7-9-19)28(26(31)25(22)30)16-18-5-4-14-27-15-18/h4-15,23,29H,3,16H2,1-2H3/b24-22-. The first-order valence-corrected chi connectivity index (χ1v) is 10.5. The number of Topliss-reactive ketones (excluding diaryl/α,β-unsaturated/α-hetero) is 1. The van der Waals surface area contributed by atoms with Gasteiger partial charge in [0.2, 0.25) is 0 Å². The number of nitrogens with zero attached hydrogens (tertiary/aromatic N) is 2. The Morgan fingerprint density at radius 1 is 1.06 bits per heavy atom. The van der Waals surface area contributed by atoms with E-state index in [9.17, 15) is 14.7 Å². The lowest BCUT2D eigenvalue weighted by atomic mass is 9.94. The number of aliphatic hydroxyl groups excluding tert-OH is 1. The van der Waals surface area contributed by atoms with Crippen LogP contribution in [0.5, 0.6) is 5.75 Å². The number of hydrogen-bond acceptors (Lipinski definition) is 5.